The number of nitrogens with one attached hydrogen (secondary N) is 2. The maximum absolute atomic E-state index is 11.1. The number of aromatic amines is 1. The van der Waals surface area contributed by atoms with Gasteiger partial charge in [-0.15, -0.1) is 0 Å². The van der Waals surface area contributed by atoms with Crippen molar-refractivity contribution in [2.45, 2.75) is 27.1 Å². The van der Waals surface area contributed by atoms with Gasteiger partial charge in [0.05, 0.1) is 23.3 Å². The molecule has 0 radical (unpaired) electrons. The number of hydrogen-bond acceptors (Lipinski definition) is 5. The van der Waals surface area contributed by atoms with E-state index in [2.05, 4.69) is 47.0 Å². The van der Waals surface area contributed by atoms with E-state index in [1.54, 1.807) is 13.3 Å². The van der Waals surface area contributed by atoms with E-state index in [1.807, 2.05) is 12.1 Å². The molecule has 0 fully saturated rings. The van der Waals surface area contributed by atoms with E-state index < -0.39 is 0 Å². The van der Waals surface area contributed by atoms with Gasteiger partial charge < -0.3 is 19.9 Å². The van der Waals surface area contributed by atoms with Crippen LogP contribution in [0.1, 0.15) is 20.8 Å². The normalized spacial score (nSPS) is 17.0. The second-order valence-corrected chi connectivity index (χ2v) is 6.95. The maximum Gasteiger partial charge on any atom is 0.266 e. The average Bonchev–Trinajstić information content (AvgIpc) is 2.83. The third kappa shape index (κ3) is 3.22. The Bertz CT molecular complexity index is 743. The van der Waals surface area contributed by atoms with E-state index in [0.717, 1.165) is 29.2 Å². The fraction of sp³-hybridized carbons (Fsp3) is 0.412. The van der Waals surface area contributed by atoms with E-state index >= 15 is 0 Å². The molecule has 0 saturated heterocycles. The first-order chi connectivity index (χ1) is 10.9. The maximum atomic E-state index is 11.1. The molecule has 1 aliphatic heterocycles. The second-order valence-electron chi connectivity index (χ2n) is 6.95. The predicted octanol–water partition coefficient (Wildman–Crippen LogP) is 2.64. The zero-order valence-electron chi connectivity index (χ0n) is 13.9. The molecular formula is C17H22N4O2. The molecule has 1 unspecified atom stereocenters. The van der Waals surface area contributed by atoms with Gasteiger partial charge in [0.2, 0.25) is 6.35 Å². The van der Waals surface area contributed by atoms with Crippen molar-refractivity contribution >= 4 is 11.4 Å². The van der Waals surface area contributed by atoms with Crippen LogP contribution in [-0.2, 0) is 4.74 Å². The largest absolute Gasteiger partial charge is 0.344 e. The van der Waals surface area contributed by atoms with Crippen LogP contribution in [0.4, 0.5) is 11.4 Å². The Morgan fingerprint density at radius 1 is 1.35 bits per heavy atom. The van der Waals surface area contributed by atoms with Crippen LogP contribution in [0.5, 0.6) is 0 Å². The summed E-state index contributed by atoms with van der Waals surface area (Å²) in [6.45, 7) is 7.49. The molecule has 0 bridgehead atoms. The van der Waals surface area contributed by atoms with Crippen molar-refractivity contribution in [3.8, 4) is 11.3 Å². The van der Waals surface area contributed by atoms with Crippen molar-refractivity contribution in [2.75, 3.05) is 23.9 Å². The van der Waals surface area contributed by atoms with E-state index in [1.165, 1.54) is 6.20 Å². The summed E-state index contributed by atoms with van der Waals surface area (Å²) >= 11 is 0. The van der Waals surface area contributed by atoms with Gasteiger partial charge in [0.1, 0.15) is 0 Å². The highest BCUT2D eigenvalue weighted by atomic mass is 16.5. The van der Waals surface area contributed by atoms with Crippen LogP contribution >= 0.6 is 0 Å². The van der Waals surface area contributed by atoms with Gasteiger partial charge in [0.25, 0.3) is 5.56 Å². The van der Waals surface area contributed by atoms with E-state index in [9.17, 15) is 4.79 Å². The average molecular weight is 314 g/mol. The van der Waals surface area contributed by atoms with Gasteiger partial charge in [-0.05, 0) is 17.5 Å². The Kier molecular flexibility index (Phi) is 3.85. The topological polar surface area (TPSA) is 70.2 Å². The fourth-order valence-electron chi connectivity index (χ4n) is 2.76. The molecule has 1 aromatic carbocycles. The molecule has 2 aromatic rings. The van der Waals surface area contributed by atoms with Gasteiger partial charge in [0, 0.05) is 25.4 Å². The lowest BCUT2D eigenvalue weighted by Crippen LogP contribution is -2.42. The van der Waals surface area contributed by atoms with Crippen LogP contribution in [0, 0.1) is 5.41 Å². The number of H-pyrrole nitrogens is 1. The van der Waals surface area contributed by atoms with Crippen LogP contribution in [-0.4, -0.2) is 30.0 Å². The Morgan fingerprint density at radius 3 is 2.74 bits per heavy atom. The number of nitrogens with zero attached hydrogens (tertiary/aromatic N) is 2. The first-order valence-electron chi connectivity index (χ1n) is 7.62. The Labute approximate surface area is 135 Å². The number of methoxy groups -OCH3 is 1. The van der Waals surface area contributed by atoms with Crippen molar-refractivity contribution in [2.24, 2.45) is 5.41 Å². The van der Waals surface area contributed by atoms with Crippen LogP contribution in [0.15, 0.2) is 35.4 Å². The van der Waals surface area contributed by atoms with E-state index in [0.29, 0.717) is 0 Å². The molecule has 1 aromatic heterocycles. The molecule has 3 rings (SSSR count). The first kappa shape index (κ1) is 15.6. The molecular weight excluding hydrogens is 292 g/mol. The van der Waals surface area contributed by atoms with Crippen LogP contribution in [0.3, 0.4) is 0 Å². The summed E-state index contributed by atoms with van der Waals surface area (Å²) in [5.74, 6) is 0. The highest BCUT2D eigenvalue weighted by molar-refractivity contribution is 5.80. The molecule has 2 heterocycles. The Morgan fingerprint density at radius 2 is 2.13 bits per heavy atom. The molecule has 6 heteroatoms. The lowest BCUT2D eigenvalue weighted by molar-refractivity contribution is 0.120. The molecule has 23 heavy (non-hydrogen) atoms. The predicted molar refractivity (Wildman–Crippen MR) is 91.5 cm³/mol. The van der Waals surface area contributed by atoms with Crippen molar-refractivity contribution in [1.29, 1.82) is 0 Å². The quantitative estimate of drug-likeness (QED) is 0.911. The smallest absolute Gasteiger partial charge is 0.266 e. The van der Waals surface area contributed by atoms with Gasteiger partial charge in [0.15, 0.2) is 0 Å². The summed E-state index contributed by atoms with van der Waals surface area (Å²) in [5.41, 5.74) is 3.74. The number of hydrogen-bond donors (Lipinski definition) is 2. The molecule has 122 valence electrons. The molecule has 2 N–H and O–H groups in total. The summed E-state index contributed by atoms with van der Waals surface area (Å²) in [6.07, 6.45) is 2.74. The lowest BCUT2D eigenvalue weighted by atomic mass is 9.96. The third-order valence-electron chi connectivity index (χ3n) is 3.70. The summed E-state index contributed by atoms with van der Waals surface area (Å²) in [5, 5.41) is 3.38. The number of anilines is 2. The molecule has 6 nitrogen and oxygen atoms in total. The van der Waals surface area contributed by atoms with Crippen LogP contribution in [0.2, 0.25) is 0 Å². The summed E-state index contributed by atoms with van der Waals surface area (Å²) in [4.78, 5) is 20.2. The number of aromatic nitrogens is 2. The standard InChI is InChI=1S/C17H22N4O2/c1-17(2,3)10-21-14-6-5-11(7-12(14)20-16(21)23-4)13-8-19-15(22)9-18-13/h5-9,16,20H,10H2,1-4H3,(H,19,22). The van der Waals surface area contributed by atoms with Crippen LogP contribution in [0.25, 0.3) is 11.3 Å². The zero-order valence-corrected chi connectivity index (χ0v) is 13.9. The Balaban J connectivity index is 1.95. The lowest BCUT2D eigenvalue weighted by Gasteiger charge is -2.31. The van der Waals surface area contributed by atoms with Crippen molar-refractivity contribution in [1.82, 2.24) is 9.97 Å². The molecule has 0 aliphatic carbocycles. The SMILES string of the molecule is COC1Nc2cc(-c3c[nH]c(=O)cn3)ccc2N1CC(C)(C)C. The highest BCUT2D eigenvalue weighted by Gasteiger charge is 2.31. The zero-order chi connectivity index (χ0) is 16.6. The second kappa shape index (κ2) is 5.70. The number of fused-ring (bicyclic) bond motifs is 1. The minimum absolute atomic E-state index is 0.152. The van der Waals surface area contributed by atoms with Gasteiger partial charge in [-0.2, -0.15) is 0 Å². The highest BCUT2D eigenvalue weighted by Crippen LogP contribution is 2.39. The van der Waals surface area contributed by atoms with Gasteiger partial charge in [-0.25, -0.2) is 4.98 Å². The van der Waals surface area contributed by atoms with Crippen molar-refractivity contribution in [3.63, 3.8) is 0 Å². The summed E-state index contributed by atoms with van der Waals surface area (Å²) < 4.78 is 5.57. The van der Waals surface area contributed by atoms with E-state index in [4.69, 9.17) is 4.74 Å². The molecule has 0 spiro atoms. The molecule has 0 saturated carbocycles. The third-order valence-corrected chi connectivity index (χ3v) is 3.70. The van der Waals surface area contributed by atoms with Gasteiger partial charge in [-0.1, -0.05) is 26.8 Å². The summed E-state index contributed by atoms with van der Waals surface area (Å²) in [7, 11) is 1.70. The Hall–Kier alpha value is -2.34. The fourth-order valence-corrected chi connectivity index (χ4v) is 2.76. The van der Waals surface area contributed by atoms with E-state index in [-0.39, 0.29) is 17.3 Å². The number of ether oxygens (including phenoxy) is 1. The molecule has 0 amide bonds. The van der Waals surface area contributed by atoms with Crippen LogP contribution < -0.4 is 15.8 Å². The van der Waals surface area contributed by atoms with Crippen molar-refractivity contribution < 1.29 is 4.74 Å². The number of rotatable bonds is 3. The summed E-state index contributed by atoms with van der Waals surface area (Å²) in [6, 6.07) is 6.11. The minimum Gasteiger partial charge on any atom is -0.344 e. The van der Waals surface area contributed by atoms with Gasteiger partial charge in [-0.3, -0.25) is 4.79 Å². The minimum atomic E-state index is -0.205. The molecule has 1 atom stereocenters. The first-order valence-corrected chi connectivity index (χ1v) is 7.62. The van der Waals surface area contributed by atoms with Gasteiger partial charge >= 0.3 is 0 Å². The number of benzene rings is 1. The molecule has 1 aliphatic rings. The monoisotopic (exact) mass is 314 g/mol. The van der Waals surface area contributed by atoms with Crippen molar-refractivity contribution in [3.05, 3.63) is 40.9 Å².